The third-order valence-electron chi connectivity index (χ3n) is 5.49. The molecule has 4 N–H and O–H groups in total. The van der Waals surface area contributed by atoms with Crippen LogP contribution in [-0.4, -0.2) is 48.1 Å². The lowest BCUT2D eigenvalue weighted by molar-refractivity contribution is -0.121. The van der Waals surface area contributed by atoms with Gasteiger partial charge in [0.1, 0.15) is 24.5 Å². The first-order chi connectivity index (χ1) is 16.2. The van der Waals surface area contributed by atoms with Crippen molar-refractivity contribution >= 4 is 28.9 Å². The Morgan fingerprint density at radius 1 is 1.32 bits per heavy atom. The van der Waals surface area contributed by atoms with Gasteiger partial charge in [-0.3, -0.25) is 4.79 Å². The van der Waals surface area contributed by atoms with Crippen LogP contribution in [0.3, 0.4) is 0 Å². The molecular formula is C25H30ClN5O3. The molecule has 3 rings (SSSR count). The van der Waals surface area contributed by atoms with E-state index in [1.54, 1.807) is 18.2 Å². The molecule has 2 atom stereocenters. The van der Waals surface area contributed by atoms with E-state index in [9.17, 15) is 9.90 Å². The van der Waals surface area contributed by atoms with Crippen molar-refractivity contribution in [3.63, 3.8) is 0 Å². The number of amides is 1. The summed E-state index contributed by atoms with van der Waals surface area (Å²) in [7, 11) is 0. The molecule has 0 saturated carbocycles. The number of aliphatic hydroxyl groups excluding tert-OH is 1. The van der Waals surface area contributed by atoms with Crippen LogP contribution in [0.1, 0.15) is 38.3 Å². The minimum absolute atomic E-state index is 0.0375. The van der Waals surface area contributed by atoms with Crippen molar-refractivity contribution in [2.24, 2.45) is 11.0 Å². The van der Waals surface area contributed by atoms with Crippen molar-refractivity contribution in [2.45, 2.75) is 38.8 Å². The second kappa shape index (κ2) is 11.3. The number of nitriles is 1. The molecular weight excluding hydrogens is 454 g/mol. The Morgan fingerprint density at radius 2 is 2.06 bits per heavy atom. The van der Waals surface area contributed by atoms with Crippen molar-refractivity contribution in [1.29, 1.82) is 5.26 Å². The fraction of sp³-hybridized carbons (Fsp3) is 0.400. The first-order valence-electron chi connectivity index (χ1n) is 11.1. The number of nitrogens with zero attached hydrogens (tertiary/aromatic N) is 2. The highest BCUT2D eigenvalue weighted by molar-refractivity contribution is 6.30. The Kier molecular flexibility index (Phi) is 8.51. The Labute approximate surface area is 205 Å². The molecule has 34 heavy (non-hydrogen) atoms. The minimum atomic E-state index is -0.761. The van der Waals surface area contributed by atoms with Crippen LogP contribution >= 0.6 is 11.6 Å². The molecule has 1 aliphatic rings. The molecule has 0 radical (unpaired) electrons. The van der Waals surface area contributed by atoms with Crippen LogP contribution in [0.15, 0.2) is 47.6 Å². The first kappa shape index (κ1) is 25.5. The Morgan fingerprint density at radius 3 is 2.74 bits per heavy atom. The van der Waals surface area contributed by atoms with Crippen molar-refractivity contribution in [2.75, 3.05) is 25.0 Å². The fourth-order valence-electron chi connectivity index (χ4n) is 3.49. The summed E-state index contributed by atoms with van der Waals surface area (Å²) in [5.74, 6) is 0.378. The third-order valence-corrected chi connectivity index (χ3v) is 5.72. The molecule has 0 bridgehead atoms. The predicted molar refractivity (Wildman–Crippen MR) is 133 cm³/mol. The molecule has 9 heteroatoms. The number of ether oxygens (including phenoxy) is 1. The van der Waals surface area contributed by atoms with Gasteiger partial charge < -0.3 is 20.5 Å². The van der Waals surface area contributed by atoms with Crippen LogP contribution in [0.2, 0.25) is 5.02 Å². The van der Waals surface area contributed by atoms with Crippen molar-refractivity contribution in [3.8, 4) is 11.8 Å². The lowest BCUT2D eigenvalue weighted by Gasteiger charge is -2.28. The number of benzene rings is 2. The van der Waals surface area contributed by atoms with E-state index < -0.39 is 6.10 Å². The summed E-state index contributed by atoms with van der Waals surface area (Å²) in [6.07, 6.45) is -0.323. The molecule has 0 aliphatic carbocycles. The number of β-amino-alcohol motifs (C(OH)–C–C–N with tert-alkyl or cyclic N) is 1. The molecule has 0 fully saturated rings. The van der Waals surface area contributed by atoms with Gasteiger partial charge in [-0.1, -0.05) is 30.7 Å². The smallest absolute Gasteiger partial charge is 0.240 e. The van der Waals surface area contributed by atoms with Gasteiger partial charge in [0, 0.05) is 47.7 Å². The van der Waals surface area contributed by atoms with Gasteiger partial charge >= 0.3 is 0 Å². The number of hydrogen-bond acceptors (Lipinski definition) is 7. The Hall–Kier alpha value is -3.12. The molecule has 0 saturated heterocycles. The molecule has 180 valence electrons. The van der Waals surface area contributed by atoms with Crippen LogP contribution in [0.25, 0.3) is 0 Å². The molecule has 0 spiro atoms. The molecule has 0 unspecified atom stereocenters. The number of nitrogens with one attached hydrogen (secondary N) is 3. The largest absolute Gasteiger partial charge is 0.489 e. The van der Waals surface area contributed by atoms with Crippen molar-refractivity contribution < 1.29 is 14.6 Å². The lowest BCUT2D eigenvalue weighted by Crippen LogP contribution is -2.49. The molecule has 2 aromatic carbocycles. The third kappa shape index (κ3) is 7.19. The summed E-state index contributed by atoms with van der Waals surface area (Å²) >= 11 is 5.96. The quantitative estimate of drug-likeness (QED) is 0.411. The summed E-state index contributed by atoms with van der Waals surface area (Å²) in [4.78, 5) is 11.4. The predicted octanol–water partition coefficient (Wildman–Crippen LogP) is 3.29. The van der Waals surface area contributed by atoms with Gasteiger partial charge in [0.25, 0.3) is 0 Å². The number of rotatable bonds is 10. The molecule has 2 aromatic rings. The highest BCUT2D eigenvalue weighted by atomic mass is 35.5. The SMILES string of the molecule is C[C@H]1CC(=O)NN=C1c1ccc(NCC(C)(C)NC[C@H](O)COc2cc(Cl)ccc2C#N)cc1. The zero-order chi connectivity index (χ0) is 24.7. The maximum atomic E-state index is 11.4. The Bertz CT molecular complexity index is 1080. The zero-order valence-electron chi connectivity index (χ0n) is 19.6. The Balaban J connectivity index is 1.46. The van der Waals surface area contributed by atoms with Crippen LogP contribution < -0.4 is 20.8 Å². The molecule has 1 amide bonds. The van der Waals surface area contributed by atoms with Gasteiger partial charge in [0.05, 0.1) is 11.3 Å². The number of carbonyl (C=O) groups excluding carboxylic acids is 1. The summed E-state index contributed by atoms with van der Waals surface area (Å²) in [5.41, 5.74) is 5.43. The maximum absolute atomic E-state index is 11.4. The van der Waals surface area contributed by atoms with Crippen LogP contribution in [0.5, 0.6) is 5.75 Å². The average molecular weight is 484 g/mol. The van der Waals surface area contributed by atoms with E-state index in [-0.39, 0.29) is 24.0 Å². The summed E-state index contributed by atoms with van der Waals surface area (Å²) in [6, 6.07) is 14.8. The summed E-state index contributed by atoms with van der Waals surface area (Å²) in [5, 5.41) is 30.9. The van der Waals surface area contributed by atoms with E-state index in [1.165, 1.54) is 0 Å². The van der Waals surface area contributed by atoms with Crippen LogP contribution in [0, 0.1) is 17.2 Å². The number of aliphatic hydroxyl groups is 1. The normalized spacial score (nSPS) is 16.8. The van der Waals surface area contributed by atoms with E-state index in [1.807, 2.05) is 51.1 Å². The zero-order valence-corrected chi connectivity index (χ0v) is 20.3. The molecule has 0 aromatic heterocycles. The number of halogens is 1. The first-order valence-corrected chi connectivity index (χ1v) is 11.5. The van der Waals surface area contributed by atoms with Gasteiger partial charge in [-0.05, 0) is 43.7 Å². The summed E-state index contributed by atoms with van der Waals surface area (Å²) < 4.78 is 5.59. The second-order valence-electron chi connectivity index (χ2n) is 9.05. The van der Waals surface area contributed by atoms with Crippen molar-refractivity contribution in [1.82, 2.24) is 10.7 Å². The van der Waals surface area contributed by atoms with Crippen molar-refractivity contribution in [3.05, 3.63) is 58.6 Å². The van der Waals surface area contributed by atoms with Gasteiger partial charge in [0.2, 0.25) is 5.91 Å². The minimum Gasteiger partial charge on any atom is -0.489 e. The lowest BCUT2D eigenvalue weighted by atomic mass is 9.94. The highest BCUT2D eigenvalue weighted by Crippen LogP contribution is 2.23. The average Bonchev–Trinajstić information content (AvgIpc) is 2.81. The molecule has 1 aliphatic heterocycles. The highest BCUT2D eigenvalue weighted by Gasteiger charge is 2.22. The standard InChI is InChI=1S/C25H30ClN5O3/c1-16-10-23(33)30-31-24(16)17-5-8-20(9-6-17)28-15-25(2,3)29-13-21(32)14-34-22-11-19(26)7-4-18(22)12-27/h4-9,11,16,21,28-29,32H,10,13-15H2,1-3H3,(H,30,33)/t16-,21-/m0/s1. The summed E-state index contributed by atoms with van der Waals surface area (Å²) in [6.45, 7) is 7.05. The number of hydrogen-bond donors (Lipinski definition) is 4. The van der Waals surface area contributed by atoms with Gasteiger partial charge in [-0.25, -0.2) is 5.43 Å². The van der Waals surface area contributed by atoms with Gasteiger partial charge in [-0.15, -0.1) is 0 Å². The van der Waals surface area contributed by atoms with E-state index in [0.29, 0.717) is 35.8 Å². The monoisotopic (exact) mass is 483 g/mol. The number of hydrazone groups is 1. The molecule has 8 nitrogen and oxygen atoms in total. The van der Waals surface area contributed by atoms with E-state index in [2.05, 4.69) is 21.2 Å². The number of anilines is 1. The van der Waals surface area contributed by atoms with Gasteiger partial charge in [0.15, 0.2) is 0 Å². The fourth-order valence-corrected chi connectivity index (χ4v) is 3.66. The van der Waals surface area contributed by atoms with E-state index in [0.717, 1.165) is 17.0 Å². The van der Waals surface area contributed by atoms with Gasteiger partial charge in [-0.2, -0.15) is 10.4 Å². The topological polar surface area (TPSA) is 119 Å². The maximum Gasteiger partial charge on any atom is 0.240 e. The van der Waals surface area contributed by atoms with Crippen LogP contribution in [0.4, 0.5) is 5.69 Å². The molecule has 1 heterocycles. The second-order valence-corrected chi connectivity index (χ2v) is 9.49. The van der Waals surface area contributed by atoms with E-state index in [4.69, 9.17) is 21.6 Å². The number of carbonyl (C=O) groups is 1. The van der Waals surface area contributed by atoms with E-state index >= 15 is 0 Å². The van der Waals surface area contributed by atoms with Crippen LogP contribution in [-0.2, 0) is 4.79 Å².